The van der Waals surface area contributed by atoms with E-state index >= 15 is 0 Å². The van der Waals surface area contributed by atoms with Crippen molar-refractivity contribution in [1.82, 2.24) is 0 Å². The van der Waals surface area contributed by atoms with E-state index in [4.69, 9.17) is 5.11 Å². The first-order valence-electron chi connectivity index (χ1n) is 2.87. The predicted octanol–water partition coefficient (Wildman–Crippen LogP) is 1.47. The number of aliphatic carboxylic acids is 1. The van der Waals surface area contributed by atoms with Crippen molar-refractivity contribution in [2.75, 3.05) is 0 Å². The molecule has 0 saturated carbocycles. The minimum absolute atomic E-state index is 0.0668. The second kappa shape index (κ2) is 3.41. The third-order valence-electron chi connectivity index (χ3n) is 1.05. The lowest BCUT2D eigenvalue weighted by molar-refractivity contribution is -0.135. The van der Waals surface area contributed by atoms with Gasteiger partial charge in [0.05, 0.1) is 6.42 Å². The number of carboxylic acids is 1. The van der Waals surface area contributed by atoms with Gasteiger partial charge in [0.2, 0.25) is 0 Å². The van der Waals surface area contributed by atoms with E-state index in [1.807, 2.05) is 11.5 Å². The Labute approximate surface area is 63.0 Å². The average Bonchev–Trinajstić information content (AvgIpc) is 1.88. The summed E-state index contributed by atoms with van der Waals surface area (Å²) in [6.07, 6.45) is 2.66. The molecule has 0 fully saturated rings. The van der Waals surface area contributed by atoms with Gasteiger partial charge in [0.1, 0.15) is 0 Å². The van der Waals surface area contributed by atoms with Crippen molar-refractivity contribution in [2.45, 2.75) is 12.8 Å². The number of carboxylic acid groups (broad SMARTS) is 1. The van der Waals surface area contributed by atoms with Gasteiger partial charge < -0.3 is 5.11 Å². The predicted molar refractivity (Wildman–Crippen MR) is 41.0 cm³/mol. The molecule has 0 unspecified atom stereocenters. The molecule has 0 aromatic heterocycles. The summed E-state index contributed by atoms with van der Waals surface area (Å²) in [7, 11) is 0. The van der Waals surface area contributed by atoms with Crippen molar-refractivity contribution >= 4 is 23.6 Å². The van der Waals surface area contributed by atoms with Crippen LogP contribution in [-0.2, 0) is 4.79 Å². The topological polar surface area (TPSA) is 49.7 Å². The van der Waals surface area contributed by atoms with E-state index in [9.17, 15) is 4.79 Å². The zero-order valence-corrected chi connectivity index (χ0v) is 6.10. The normalized spacial score (nSPS) is 16.6. The molecule has 1 heterocycles. The lowest BCUT2D eigenvalue weighted by Crippen LogP contribution is -2.06. The molecule has 0 amide bonds. The zero-order valence-electron chi connectivity index (χ0n) is 5.28. The van der Waals surface area contributed by atoms with Crippen LogP contribution in [0.15, 0.2) is 15.9 Å². The molecular weight excluding hydrogens is 150 g/mol. The summed E-state index contributed by atoms with van der Waals surface area (Å²) in [6.45, 7) is 0. The minimum Gasteiger partial charge on any atom is -0.481 e. The second-order valence-corrected chi connectivity index (χ2v) is 2.57. The molecule has 0 radical (unpaired) electrons. The van der Waals surface area contributed by atoms with Gasteiger partial charge in [0.15, 0.2) is 0 Å². The van der Waals surface area contributed by atoms with Crippen LogP contribution < -0.4 is 0 Å². The fourth-order valence-corrected chi connectivity index (χ4v) is 1.18. The molecule has 0 bridgehead atoms. The highest BCUT2D eigenvalue weighted by Crippen LogP contribution is 2.13. The summed E-state index contributed by atoms with van der Waals surface area (Å²) >= 11 is 1.29. The van der Waals surface area contributed by atoms with Gasteiger partial charge in [-0.05, 0) is 5.41 Å². The number of allylic oxidation sites excluding steroid dienone is 1. The van der Waals surface area contributed by atoms with Gasteiger partial charge >= 0.3 is 5.97 Å². The largest absolute Gasteiger partial charge is 0.481 e. The highest BCUT2D eigenvalue weighted by Gasteiger charge is 2.05. The van der Waals surface area contributed by atoms with Crippen LogP contribution in [0.2, 0.25) is 0 Å². The summed E-state index contributed by atoms with van der Waals surface area (Å²) in [5, 5.41) is 10.2. The highest BCUT2D eigenvalue weighted by atomic mass is 32.2. The molecule has 54 valence electrons. The number of carbonyl (C=O) groups is 1. The van der Waals surface area contributed by atoms with Crippen molar-refractivity contribution < 1.29 is 9.90 Å². The smallest absolute Gasteiger partial charge is 0.309 e. The lowest BCUT2D eigenvalue weighted by atomic mass is 10.2. The van der Waals surface area contributed by atoms with Crippen LogP contribution in [0.4, 0.5) is 0 Å². The van der Waals surface area contributed by atoms with Crippen LogP contribution in [0.5, 0.6) is 0 Å². The van der Waals surface area contributed by atoms with Crippen molar-refractivity contribution in [1.29, 1.82) is 0 Å². The fourth-order valence-electron chi connectivity index (χ4n) is 0.648. The minimum atomic E-state index is -0.811. The Morgan fingerprint density at radius 3 is 3.20 bits per heavy atom. The van der Waals surface area contributed by atoms with E-state index in [2.05, 4.69) is 4.40 Å². The maximum absolute atomic E-state index is 10.2. The van der Waals surface area contributed by atoms with Crippen LogP contribution in [0.1, 0.15) is 12.8 Å². The number of rotatable bonds is 2. The molecule has 10 heavy (non-hydrogen) atoms. The summed E-state index contributed by atoms with van der Waals surface area (Å²) < 4.78 is 3.94. The molecule has 1 N–H and O–H groups in total. The average molecular weight is 157 g/mol. The molecule has 0 aromatic carbocycles. The van der Waals surface area contributed by atoms with Gasteiger partial charge in [0.25, 0.3) is 0 Å². The van der Waals surface area contributed by atoms with Crippen molar-refractivity contribution in [3.63, 3.8) is 0 Å². The molecule has 1 aliphatic heterocycles. The second-order valence-electron chi connectivity index (χ2n) is 1.91. The first-order chi connectivity index (χ1) is 4.79. The van der Waals surface area contributed by atoms with Gasteiger partial charge in [0, 0.05) is 24.1 Å². The summed E-state index contributed by atoms with van der Waals surface area (Å²) in [5.41, 5.74) is 0.736. The van der Waals surface area contributed by atoms with Gasteiger partial charge in [-0.1, -0.05) is 6.08 Å². The summed E-state index contributed by atoms with van der Waals surface area (Å²) in [5.74, 6) is -0.811. The van der Waals surface area contributed by atoms with Gasteiger partial charge in [-0.3, -0.25) is 4.79 Å². The molecular formula is C6H7NO2S. The van der Waals surface area contributed by atoms with Crippen LogP contribution in [0.25, 0.3) is 0 Å². The molecule has 1 rings (SSSR count). The summed E-state index contributed by atoms with van der Waals surface area (Å²) in [4.78, 5) is 10.2. The van der Waals surface area contributed by atoms with Crippen molar-refractivity contribution in [2.24, 2.45) is 4.40 Å². The summed E-state index contributed by atoms with van der Waals surface area (Å²) in [6, 6.07) is 0. The third-order valence-corrected chi connectivity index (χ3v) is 1.73. The number of hydrogen-bond acceptors (Lipinski definition) is 3. The van der Waals surface area contributed by atoms with Crippen molar-refractivity contribution in [3.05, 3.63) is 11.5 Å². The van der Waals surface area contributed by atoms with E-state index in [0.717, 1.165) is 5.71 Å². The zero-order chi connectivity index (χ0) is 7.40. The fraction of sp³-hybridized carbons (Fsp3) is 0.333. The van der Waals surface area contributed by atoms with Crippen molar-refractivity contribution in [3.8, 4) is 0 Å². The maximum atomic E-state index is 10.2. The van der Waals surface area contributed by atoms with Gasteiger partial charge in [-0.2, -0.15) is 0 Å². The Kier molecular flexibility index (Phi) is 2.50. The Balaban J connectivity index is 2.41. The van der Waals surface area contributed by atoms with Gasteiger partial charge in [-0.15, -0.1) is 0 Å². The van der Waals surface area contributed by atoms with E-state index in [1.54, 1.807) is 0 Å². The Morgan fingerprint density at radius 2 is 2.70 bits per heavy atom. The highest BCUT2D eigenvalue weighted by molar-refractivity contribution is 8.01. The van der Waals surface area contributed by atoms with E-state index < -0.39 is 5.97 Å². The monoisotopic (exact) mass is 157 g/mol. The SMILES string of the molecule is O=C(O)CC1=NSC=CC1. The molecule has 0 spiro atoms. The van der Waals surface area contributed by atoms with E-state index in [1.165, 1.54) is 11.9 Å². The van der Waals surface area contributed by atoms with Crippen LogP contribution in [-0.4, -0.2) is 16.8 Å². The standard InChI is InChI=1S/C6H7NO2S/c8-6(9)4-5-2-1-3-10-7-5/h1,3H,2,4H2,(H,8,9). The molecule has 0 atom stereocenters. The molecule has 0 aromatic rings. The van der Waals surface area contributed by atoms with E-state index in [0.29, 0.717) is 6.42 Å². The Bertz CT molecular complexity index is 198. The number of nitrogens with zero attached hydrogens (tertiary/aromatic N) is 1. The maximum Gasteiger partial charge on any atom is 0.309 e. The van der Waals surface area contributed by atoms with Crippen LogP contribution in [0.3, 0.4) is 0 Å². The molecule has 1 aliphatic rings. The van der Waals surface area contributed by atoms with E-state index in [-0.39, 0.29) is 6.42 Å². The Hall–Kier alpha value is -0.770. The van der Waals surface area contributed by atoms with Gasteiger partial charge in [-0.25, -0.2) is 4.40 Å². The molecule has 0 aliphatic carbocycles. The lowest BCUT2D eigenvalue weighted by Gasteiger charge is -2.01. The quantitative estimate of drug-likeness (QED) is 0.617. The first kappa shape index (κ1) is 7.34. The van der Waals surface area contributed by atoms with Crippen LogP contribution >= 0.6 is 11.9 Å². The molecule has 4 heteroatoms. The molecule has 0 saturated heterocycles. The number of hydrogen-bond donors (Lipinski definition) is 1. The van der Waals surface area contributed by atoms with Crippen LogP contribution in [0, 0.1) is 0 Å². The Morgan fingerprint density at radius 1 is 1.90 bits per heavy atom. The first-order valence-corrected chi connectivity index (χ1v) is 3.71. The third kappa shape index (κ3) is 2.23. The molecule has 3 nitrogen and oxygen atoms in total.